The van der Waals surface area contributed by atoms with Crippen molar-refractivity contribution < 1.29 is 14.6 Å². The SMILES string of the molecule is O=C1c2cccc3cccc(c23)N1C[NH+]1CCN(c2ccc([N+](=O)[O-])cc2)CC1. The molecular weight excluding hydrogens is 368 g/mol. The number of hydrogen-bond donors (Lipinski definition) is 1. The predicted octanol–water partition coefficient (Wildman–Crippen LogP) is 2.07. The highest BCUT2D eigenvalue weighted by atomic mass is 16.6. The molecule has 0 radical (unpaired) electrons. The molecule has 2 aliphatic heterocycles. The van der Waals surface area contributed by atoms with E-state index in [9.17, 15) is 14.9 Å². The molecule has 29 heavy (non-hydrogen) atoms. The van der Waals surface area contributed by atoms with Gasteiger partial charge in [0.05, 0.1) is 42.4 Å². The highest BCUT2D eigenvalue weighted by Crippen LogP contribution is 2.36. The second-order valence-corrected chi connectivity index (χ2v) is 7.58. The van der Waals surface area contributed by atoms with Crippen molar-refractivity contribution in [2.45, 2.75) is 0 Å². The number of anilines is 2. The quantitative estimate of drug-likeness (QED) is 0.548. The van der Waals surface area contributed by atoms with E-state index < -0.39 is 0 Å². The Morgan fingerprint density at radius 3 is 2.34 bits per heavy atom. The van der Waals surface area contributed by atoms with Gasteiger partial charge in [-0.15, -0.1) is 0 Å². The Kier molecular flexibility index (Phi) is 4.17. The predicted molar refractivity (Wildman–Crippen MR) is 112 cm³/mol. The van der Waals surface area contributed by atoms with Crippen LogP contribution in [-0.4, -0.2) is 43.7 Å². The van der Waals surface area contributed by atoms with Crippen LogP contribution in [0.2, 0.25) is 0 Å². The average Bonchev–Trinajstić information content (AvgIpc) is 3.02. The molecule has 146 valence electrons. The Bertz CT molecular complexity index is 1100. The lowest BCUT2D eigenvalue weighted by atomic mass is 10.1. The van der Waals surface area contributed by atoms with E-state index in [0.29, 0.717) is 6.67 Å². The van der Waals surface area contributed by atoms with Gasteiger partial charge in [-0.25, -0.2) is 0 Å². The summed E-state index contributed by atoms with van der Waals surface area (Å²) in [6.07, 6.45) is 0. The molecule has 0 unspecified atom stereocenters. The third-order valence-corrected chi connectivity index (χ3v) is 5.93. The number of carbonyl (C=O) groups excluding carboxylic acids is 1. The van der Waals surface area contributed by atoms with Crippen molar-refractivity contribution in [3.8, 4) is 0 Å². The van der Waals surface area contributed by atoms with Crippen LogP contribution < -0.4 is 14.7 Å². The zero-order valence-corrected chi connectivity index (χ0v) is 15.9. The first-order chi connectivity index (χ1) is 14.1. The van der Waals surface area contributed by atoms with Gasteiger partial charge < -0.3 is 9.80 Å². The van der Waals surface area contributed by atoms with Crippen molar-refractivity contribution in [1.82, 2.24) is 0 Å². The van der Waals surface area contributed by atoms with E-state index in [-0.39, 0.29) is 16.5 Å². The maximum absolute atomic E-state index is 13.0. The molecule has 1 N–H and O–H groups in total. The molecule has 1 fully saturated rings. The number of nitro groups is 1. The zero-order chi connectivity index (χ0) is 20.0. The maximum atomic E-state index is 13.0. The van der Waals surface area contributed by atoms with E-state index >= 15 is 0 Å². The van der Waals surface area contributed by atoms with Crippen LogP contribution in [0.4, 0.5) is 17.1 Å². The van der Waals surface area contributed by atoms with Crippen molar-refractivity contribution in [1.29, 1.82) is 0 Å². The van der Waals surface area contributed by atoms with Gasteiger partial charge in [-0.2, -0.15) is 0 Å². The van der Waals surface area contributed by atoms with Crippen LogP contribution in [0.5, 0.6) is 0 Å². The first kappa shape index (κ1) is 17.6. The largest absolute Gasteiger partial charge is 0.360 e. The average molecular weight is 389 g/mol. The molecule has 1 amide bonds. The van der Waals surface area contributed by atoms with Crippen LogP contribution in [0.25, 0.3) is 10.8 Å². The number of nitro benzene ring substituents is 1. The van der Waals surface area contributed by atoms with Gasteiger partial charge >= 0.3 is 0 Å². The number of quaternary nitrogens is 1. The number of nitrogens with one attached hydrogen (secondary N) is 1. The zero-order valence-electron chi connectivity index (χ0n) is 15.9. The smallest absolute Gasteiger partial charge is 0.269 e. The summed E-state index contributed by atoms with van der Waals surface area (Å²) in [6.45, 7) is 4.18. The maximum Gasteiger partial charge on any atom is 0.269 e. The van der Waals surface area contributed by atoms with Gasteiger partial charge in [0.2, 0.25) is 0 Å². The molecule has 0 atom stereocenters. The number of benzene rings is 3. The normalized spacial score (nSPS) is 16.6. The lowest BCUT2D eigenvalue weighted by Gasteiger charge is -2.35. The monoisotopic (exact) mass is 389 g/mol. The molecule has 2 aliphatic rings. The van der Waals surface area contributed by atoms with Crippen molar-refractivity contribution >= 4 is 33.7 Å². The van der Waals surface area contributed by atoms with E-state index in [4.69, 9.17) is 0 Å². The van der Waals surface area contributed by atoms with Gasteiger partial charge in [0, 0.05) is 23.2 Å². The lowest BCUT2D eigenvalue weighted by Crippen LogP contribution is -3.16. The summed E-state index contributed by atoms with van der Waals surface area (Å²) < 4.78 is 0. The molecule has 0 bridgehead atoms. The second-order valence-electron chi connectivity index (χ2n) is 7.58. The van der Waals surface area contributed by atoms with Gasteiger partial charge in [-0.3, -0.25) is 19.8 Å². The fourth-order valence-electron chi connectivity index (χ4n) is 4.38. The fraction of sp³-hybridized carbons (Fsp3) is 0.227. The molecule has 0 spiro atoms. The van der Waals surface area contributed by atoms with E-state index in [2.05, 4.69) is 17.0 Å². The Labute approximate surface area is 167 Å². The molecule has 5 rings (SSSR count). The van der Waals surface area contributed by atoms with Gasteiger partial charge in [0.15, 0.2) is 6.67 Å². The van der Waals surface area contributed by atoms with Crippen LogP contribution in [0.3, 0.4) is 0 Å². The molecule has 3 aromatic carbocycles. The number of piperazine rings is 1. The van der Waals surface area contributed by atoms with E-state index in [0.717, 1.165) is 53.9 Å². The van der Waals surface area contributed by atoms with E-state index in [1.165, 1.54) is 4.90 Å². The number of nitrogens with zero attached hydrogens (tertiary/aromatic N) is 3. The Hall–Kier alpha value is -3.45. The van der Waals surface area contributed by atoms with Crippen LogP contribution in [0.15, 0.2) is 60.7 Å². The minimum absolute atomic E-state index is 0.0853. The number of non-ortho nitro benzene ring substituents is 1. The second kappa shape index (κ2) is 6.86. The fourth-order valence-corrected chi connectivity index (χ4v) is 4.38. The Balaban J connectivity index is 1.27. The summed E-state index contributed by atoms with van der Waals surface area (Å²) >= 11 is 0. The third-order valence-electron chi connectivity index (χ3n) is 5.93. The number of amides is 1. The third kappa shape index (κ3) is 3.00. The Morgan fingerprint density at radius 2 is 1.66 bits per heavy atom. The van der Waals surface area contributed by atoms with Gasteiger partial charge in [-0.1, -0.05) is 24.3 Å². The molecule has 7 nitrogen and oxygen atoms in total. The molecule has 0 aliphatic carbocycles. The molecule has 7 heteroatoms. The molecule has 0 aromatic heterocycles. The van der Waals surface area contributed by atoms with Gasteiger partial charge in [0.25, 0.3) is 11.6 Å². The minimum Gasteiger partial charge on any atom is -0.360 e. The first-order valence-corrected chi connectivity index (χ1v) is 9.78. The van der Waals surface area contributed by atoms with Crippen molar-refractivity contribution in [3.63, 3.8) is 0 Å². The van der Waals surface area contributed by atoms with Crippen molar-refractivity contribution in [2.24, 2.45) is 0 Å². The van der Waals surface area contributed by atoms with Crippen molar-refractivity contribution in [2.75, 3.05) is 42.6 Å². The summed E-state index contributed by atoms with van der Waals surface area (Å²) in [4.78, 5) is 28.9. The summed E-state index contributed by atoms with van der Waals surface area (Å²) in [5.74, 6) is 0.0853. The lowest BCUT2D eigenvalue weighted by molar-refractivity contribution is -0.899. The molecule has 3 aromatic rings. The number of hydrogen-bond acceptors (Lipinski definition) is 4. The number of carbonyl (C=O) groups is 1. The minimum atomic E-state index is -0.377. The topological polar surface area (TPSA) is 71.1 Å². The highest BCUT2D eigenvalue weighted by molar-refractivity contribution is 6.24. The molecule has 0 saturated carbocycles. The van der Waals surface area contributed by atoms with Crippen LogP contribution in [0, 0.1) is 10.1 Å². The Morgan fingerprint density at radius 1 is 0.966 bits per heavy atom. The number of rotatable bonds is 4. The standard InChI is InChI=1S/C22H20N4O3/c27-22-19-5-1-3-16-4-2-6-20(21(16)19)25(22)15-23-11-13-24(14-12-23)17-7-9-18(10-8-17)26(28)29/h1-10H,11-15H2/p+1. The van der Waals surface area contributed by atoms with Crippen molar-refractivity contribution in [3.05, 3.63) is 76.3 Å². The van der Waals surface area contributed by atoms with Crippen LogP contribution in [0.1, 0.15) is 10.4 Å². The van der Waals surface area contributed by atoms with Crippen LogP contribution in [-0.2, 0) is 0 Å². The molecule has 2 heterocycles. The summed E-state index contributed by atoms with van der Waals surface area (Å²) in [5.41, 5.74) is 2.92. The summed E-state index contributed by atoms with van der Waals surface area (Å²) in [7, 11) is 0. The molecular formula is C22H21N4O3+. The molecule has 1 saturated heterocycles. The highest BCUT2D eigenvalue weighted by Gasteiger charge is 2.33. The van der Waals surface area contributed by atoms with Gasteiger partial charge in [-0.05, 0) is 29.7 Å². The van der Waals surface area contributed by atoms with Crippen LogP contribution >= 0.6 is 0 Å². The van der Waals surface area contributed by atoms with E-state index in [1.807, 2.05) is 41.3 Å². The summed E-state index contributed by atoms with van der Waals surface area (Å²) in [6, 6.07) is 18.7. The van der Waals surface area contributed by atoms with Gasteiger partial charge in [0.1, 0.15) is 0 Å². The summed E-state index contributed by atoms with van der Waals surface area (Å²) in [5, 5.41) is 13.0. The first-order valence-electron chi connectivity index (χ1n) is 9.78. The van der Waals surface area contributed by atoms with E-state index in [1.54, 1.807) is 12.1 Å².